The molecule has 0 bridgehead atoms. The van der Waals surface area contributed by atoms with Crippen LogP contribution in [0.2, 0.25) is 0 Å². The Hall–Kier alpha value is -2.96. The predicted octanol–water partition coefficient (Wildman–Crippen LogP) is 2.73. The van der Waals surface area contributed by atoms with E-state index in [1.54, 1.807) is 21.9 Å². The molecule has 1 aliphatic rings. The number of anilines is 2. The van der Waals surface area contributed by atoms with Gasteiger partial charge in [0.1, 0.15) is 11.6 Å². The molecule has 1 aliphatic heterocycles. The zero-order valence-corrected chi connectivity index (χ0v) is 13.2. The first-order chi connectivity index (χ1) is 11.6. The molecule has 0 spiro atoms. The van der Waals surface area contributed by atoms with E-state index in [4.69, 9.17) is 0 Å². The van der Waals surface area contributed by atoms with Gasteiger partial charge >= 0.3 is 6.03 Å². The molecule has 1 aromatic heterocycles. The van der Waals surface area contributed by atoms with Crippen molar-refractivity contribution in [2.75, 3.05) is 29.9 Å². The van der Waals surface area contributed by atoms with Crippen LogP contribution in [0.1, 0.15) is 17.3 Å². The number of hydrogen-bond acceptors (Lipinski definition) is 3. The highest BCUT2D eigenvalue weighted by Gasteiger charge is 2.28. The summed E-state index contributed by atoms with van der Waals surface area (Å²) < 4.78 is 12.9. The van der Waals surface area contributed by atoms with Crippen molar-refractivity contribution in [3.63, 3.8) is 0 Å². The smallest absolute Gasteiger partial charge is 0.323 e. The maximum atomic E-state index is 12.9. The first kappa shape index (κ1) is 15.9. The number of halogens is 1. The normalized spacial score (nSPS) is 14.2. The lowest BCUT2D eigenvalue weighted by atomic mass is 10.2. The summed E-state index contributed by atoms with van der Waals surface area (Å²) in [5.74, 6) is -0.191. The summed E-state index contributed by atoms with van der Waals surface area (Å²) in [6, 6.07) is 8.60. The molecule has 24 heavy (non-hydrogen) atoms. The fourth-order valence-corrected chi connectivity index (χ4v) is 2.51. The van der Waals surface area contributed by atoms with Crippen molar-refractivity contribution in [3.05, 3.63) is 54.0 Å². The van der Waals surface area contributed by atoms with E-state index in [1.807, 2.05) is 6.92 Å². The third-order valence-corrected chi connectivity index (χ3v) is 3.87. The number of urea groups is 1. The van der Waals surface area contributed by atoms with Crippen LogP contribution < -0.4 is 10.2 Å². The summed E-state index contributed by atoms with van der Waals surface area (Å²) in [5, 5.41) is 2.69. The number of benzene rings is 1. The minimum absolute atomic E-state index is 0.0619. The Labute approximate surface area is 138 Å². The van der Waals surface area contributed by atoms with Gasteiger partial charge < -0.3 is 10.2 Å². The molecule has 7 heteroatoms. The van der Waals surface area contributed by atoms with Crippen LogP contribution in [-0.2, 0) is 0 Å². The third kappa shape index (κ3) is 3.19. The van der Waals surface area contributed by atoms with Gasteiger partial charge in [0.05, 0.1) is 11.9 Å². The van der Waals surface area contributed by atoms with Gasteiger partial charge in [-0.2, -0.15) is 0 Å². The van der Waals surface area contributed by atoms with E-state index < -0.39 is 5.82 Å². The quantitative estimate of drug-likeness (QED) is 0.938. The van der Waals surface area contributed by atoms with Crippen LogP contribution in [0.3, 0.4) is 0 Å². The number of pyridine rings is 1. The van der Waals surface area contributed by atoms with Crippen molar-refractivity contribution in [3.8, 4) is 0 Å². The highest BCUT2D eigenvalue weighted by atomic mass is 19.1. The van der Waals surface area contributed by atoms with Gasteiger partial charge in [-0.15, -0.1) is 0 Å². The SMILES string of the molecule is CCN1CCN(c2ccc(NC(=O)c3ccc(F)cc3)cn2)C1=O. The van der Waals surface area contributed by atoms with Crippen molar-refractivity contribution < 1.29 is 14.0 Å². The lowest BCUT2D eigenvalue weighted by molar-refractivity contribution is 0.102. The number of carbonyl (C=O) groups is 2. The van der Waals surface area contributed by atoms with Gasteiger partial charge in [0.15, 0.2) is 0 Å². The maximum absolute atomic E-state index is 12.9. The Morgan fingerprint density at radius 3 is 2.54 bits per heavy atom. The molecule has 1 N–H and O–H groups in total. The molecule has 0 aliphatic carbocycles. The van der Waals surface area contributed by atoms with Crippen LogP contribution >= 0.6 is 0 Å². The van der Waals surface area contributed by atoms with Crippen LogP contribution in [-0.4, -0.2) is 41.5 Å². The van der Waals surface area contributed by atoms with Gasteiger partial charge in [0, 0.05) is 25.2 Å². The summed E-state index contributed by atoms with van der Waals surface area (Å²) in [4.78, 5) is 31.8. The Morgan fingerprint density at radius 1 is 1.21 bits per heavy atom. The van der Waals surface area contributed by atoms with Crippen LogP contribution in [0, 0.1) is 5.82 Å². The second-order valence-corrected chi connectivity index (χ2v) is 5.38. The van der Waals surface area contributed by atoms with E-state index in [2.05, 4.69) is 10.3 Å². The standard InChI is InChI=1S/C17H17FN4O2/c1-2-21-9-10-22(17(21)24)15-8-7-14(11-19-15)20-16(23)12-3-5-13(18)6-4-12/h3-8,11H,2,9-10H2,1H3,(H,20,23). The number of likely N-dealkylation sites (N-methyl/N-ethyl adjacent to an activating group) is 1. The fourth-order valence-electron chi connectivity index (χ4n) is 2.51. The summed E-state index contributed by atoms with van der Waals surface area (Å²) >= 11 is 0. The average molecular weight is 328 g/mol. The van der Waals surface area contributed by atoms with Crippen LogP contribution in [0.15, 0.2) is 42.6 Å². The monoisotopic (exact) mass is 328 g/mol. The zero-order chi connectivity index (χ0) is 17.1. The van der Waals surface area contributed by atoms with E-state index in [-0.39, 0.29) is 11.9 Å². The first-order valence-electron chi connectivity index (χ1n) is 7.68. The van der Waals surface area contributed by atoms with Gasteiger partial charge in [0.2, 0.25) is 0 Å². The molecule has 2 heterocycles. The van der Waals surface area contributed by atoms with E-state index in [9.17, 15) is 14.0 Å². The summed E-state index contributed by atoms with van der Waals surface area (Å²) in [5.41, 5.74) is 0.862. The highest BCUT2D eigenvalue weighted by Crippen LogP contribution is 2.19. The Balaban J connectivity index is 1.68. The summed E-state index contributed by atoms with van der Waals surface area (Å²) in [7, 11) is 0. The minimum atomic E-state index is -0.394. The molecular formula is C17H17FN4O2. The zero-order valence-electron chi connectivity index (χ0n) is 13.2. The number of rotatable bonds is 4. The molecule has 1 aromatic carbocycles. The molecule has 2 aromatic rings. The van der Waals surface area contributed by atoms with Crippen molar-refractivity contribution in [2.45, 2.75) is 6.92 Å². The molecule has 0 saturated carbocycles. The van der Waals surface area contributed by atoms with Gasteiger partial charge in [-0.1, -0.05) is 0 Å². The largest absolute Gasteiger partial charge is 0.325 e. The molecular weight excluding hydrogens is 311 g/mol. The Bertz CT molecular complexity index is 746. The predicted molar refractivity (Wildman–Crippen MR) is 88.6 cm³/mol. The summed E-state index contributed by atoms with van der Waals surface area (Å²) in [6.45, 7) is 3.88. The van der Waals surface area contributed by atoms with Crippen molar-refractivity contribution in [1.82, 2.24) is 9.88 Å². The molecule has 6 nitrogen and oxygen atoms in total. The van der Waals surface area contributed by atoms with Gasteiger partial charge in [-0.05, 0) is 43.3 Å². The van der Waals surface area contributed by atoms with Gasteiger partial charge in [-0.25, -0.2) is 14.2 Å². The Kier molecular flexibility index (Phi) is 4.41. The van der Waals surface area contributed by atoms with E-state index >= 15 is 0 Å². The number of carbonyl (C=O) groups excluding carboxylic acids is 2. The average Bonchev–Trinajstić information content (AvgIpc) is 2.97. The Morgan fingerprint density at radius 2 is 1.96 bits per heavy atom. The maximum Gasteiger partial charge on any atom is 0.325 e. The van der Waals surface area contributed by atoms with Crippen LogP contribution in [0.5, 0.6) is 0 Å². The second kappa shape index (κ2) is 6.66. The number of nitrogens with one attached hydrogen (secondary N) is 1. The fraction of sp³-hybridized carbons (Fsp3) is 0.235. The summed E-state index contributed by atoms with van der Waals surface area (Å²) in [6.07, 6.45) is 1.50. The van der Waals surface area contributed by atoms with E-state index in [0.29, 0.717) is 36.7 Å². The van der Waals surface area contributed by atoms with Gasteiger partial charge in [0.25, 0.3) is 5.91 Å². The van der Waals surface area contributed by atoms with Crippen LogP contribution in [0.4, 0.5) is 20.7 Å². The van der Waals surface area contributed by atoms with Gasteiger partial charge in [-0.3, -0.25) is 9.69 Å². The molecule has 3 rings (SSSR count). The molecule has 1 fully saturated rings. The highest BCUT2D eigenvalue weighted by molar-refractivity contribution is 6.04. The third-order valence-electron chi connectivity index (χ3n) is 3.87. The molecule has 124 valence electrons. The minimum Gasteiger partial charge on any atom is -0.323 e. The topological polar surface area (TPSA) is 65.5 Å². The van der Waals surface area contributed by atoms with Crippen molar-refractivity contribution >= 4 is 23.4 Å². The van der Waals surface area contributed by atoms with Crippen LogP contribution in [0.25, 0.3) is 0 Å². The van der Waals surface area contributed by atoms with E-state index in [1.165, 1.54) is 30.5 Å². The molecule has 0 atom stereocenters. The second-order valence-electron chi connectivity index (χ2n) is 5.38. The molecule has 0 radical (unpaired) electrons. The number of amides is 3. The number of nitrogens with zero attached hydrogens (tertiary/aromatic N) is 3. The van der Waals surface area contributed by atoms with E-state index in [0.717, 1.165) is 0 Å². The van der Waals surface area contributed by atoms with Crippen molar-refractivity contribution in [1.29, 1.82) is 0 Å². The first-order valence-corrected chi connectivity index (χ1v) is 7.68. The number of aromatic nitrogens is 1. The molecule has 1 saturated heterocycles. The lowest BCUT2D eigenvalue weighted by Crippen LogP contribution is -2.32. The molecule has 0 unspecified atom stereocenters. The number of hydrogen-bond donors (Lipinski definition) is 1. The molecule has 3 amide bonds. The van der Waals surface area contributed by atoms with Crippen molar-refractivity contribution in [2.24, 2.45) is 0 Å². The lowest BCUT2D eigenvalue weighted by Gasteiger charge is -2.16.